The predicted molar refractivity (Wildman–Crippen MR) is 69.0 cm³/mol. The molecule has 0 radical (unpaired) electrons. The lowest BCUT2D eigenvalue weighted by Crippen LogP contribution is -2.04. The standard InChI is InChI=1S/C13H11ClO5/c1-8(15)18-11-5-10(3-4-13(14)17)6-12(7-11)19-9(2)16/h3-7H,1-2H3. The van der Waals surface area contributed by atoms with Crippen LogP contribution in [0.4, 0.5) is 0 Å². The summed E-state index contributed by atoms with van der Waals surface area (Å²) < 4.78 is 9.80. The molecule has 1 rings (SSSR count). The van der Waals surface area contributed by atoms with Crippen molar-refractivity contribution in [3.63, 3.8) is 0 Å². The summed E-state index contributed by atoms with van der Waals surface area (Å²) in [6.45, 7) is 2.49. The first-order valence-corrected chi connectivity index (χ1v) is 5.64. The Morgan fingerprint density at radius 3 is 1.84 bits per heavy atom. The summed E-state index contributed by atoms with van der Waals surface area (Å²) in [5.74, 6) is -0.618. The summed E-state index contributed by atoms with van der Waals surface area (Å²) in [6, 6.07) is 4.40. The molecule has 0 N–H and O–H groups in total. The Balaban J connectivity index is 3.11. The van der Waals surface area contributed by atoms with Gasteiger partial charge in [0, 0.05) is 19.9 Å². The molecule has 0 atom stereocenters. The molecule has 0 heterocycles. The lowest BCUT2D eigenvalue weighted by atomic mass is 10.2. The Morgan fingerprint density at radius 2 is 1.47 bits per heavy atom. The van der Waals surface area contributed by atoms with Crippen molar-refractivity contribution in [1.82, 2.24) is 0 Å². The molecule has 0 aliphatic carbocycles. The lowest BCUT2D eigenvalue weighted by molar-refractivity contribution is -0.132. The van der Waals surface area contributed by atoms with Crippen molar-refractivity contribution in [3.8, 4) is 11.5 Å². The van der Waals surface area contributed by atoms with Gasteiger partial charge in [0.25, 0.3) is 0 Å². The van der Waals surface area contributed by atoms with Gasteiger partial charge < -0.3 is 9.47 Å². The number of allylic oxidation sites excluding steroid dienone is 1. The zero-order chi connectivity index (χ0) is 14.4. The van der Waals surface area contributed by atoms with Gasteiger partial charge in [-0.1, -0.05) is 0 Å². The summed E-state index contributed by atoms with van der Waals surface area (Å²) in [7, 11) is 0. The van der Waals surface area contributed by atoms with Gasteiger partial charge in [-0.05, 0) is 41.4 Å². The first-order valence-electron chi connectivity index (χ1n) is 5.26. The molecule has 6 heteroatoms. The van der Waals surface area contributed by atoms with Gasteiger partial charge in [0.1, 0.15) is 11.5 Å². The van der Waals surface area contributed by atoms with Crippen LogP contribution in [0.15, 0.2) is 24.3 Å². The van der Waals surface area contributed by atoms with Crippen LogP contribution in [0.5, 0.6) is 11.5 Å². The molecule has 0 aliphatic rings. The van der Waals surface area contributed by atoms with Gasteiger partial charge in [-0.2, -0.15) is 0 Å². The molecule has 1 aromatic rings. The first kappa shape index (κ1) is 14.9. The van der Waals surface area contributed by atoms with Crippen molar-refractivity contribution >= 4 is 34.9 Å². The van der Waals surface area contributed by atoms with Gasteiger partial charge in [0.15, 0.2) is 0 Å². The molecule has 0 amide bonds. The maximum atomic E-state index is 10.9. The molecular weight excluding hydrogens is 272 g/mol. The van der Waals surface area contributed by atoms with E-state index in [9.17, 15) is 14.4 Å². The van der Waals surface area contributed by atoms with Gasteiger partial charge in [0.2, 0.25) is 5.24 Å². The number of benzene rings is 1. The minimum Gasteiger partial charge on any atom is -0.427 e. The SMILES string of the molecule is CC(=O)Oc1cc(C=CC(=O)Cl)cc(OC(C)=O)c1. The summed E-state index contributed by atoms with van der Waals surface area (Å²) in [5, 5.41) is -0.646. The molecule has 0 saturated heterocycles. The fourth-order valence-corrected chi connectivity index (χ4v) is 1.36. The summed E-state index contributed by atoms with van der Waals surface area (Å²) in [5.41, 5.74) is 0.504. The third kappa shape index (κ3) is 5.83. The quantitative estimate of drug-likeness (QED) is 0.367. The van der Waals surface area contributed by atoms with E-state index in [4.69, 9.17) is 21.1 Å². The largest absolute Gasteiger partial charge is 0.427 e. The molecule has 0 unspecified atom stereocenters. The van der Waals surface area contributed by atoms with Gasteiger partial charge >= 0.3 is 11.9 Å². The number of carbonyl (C=O) groups is 3. The summed E-state index contributed by atoms with van der Waals surface area (Å²) in [6.07, 6.45) is 2.54. The molecule has 5 nitrogen and oxygen atoms in total. The molecule has 0 aromatic heterocycles. The number of carbonyl (C=O) groups excluding carboxylic acids is 3. The Kier molecular flexibility index (Phi) is 5.26. The zero-order valence-corrected chi connectivity index (χ0v) is 11.1. The van der Waals surface area contributed by atoms with E-state index in [0.29, 0.717) is 5.56 Å². The highest BCUT2D eigenvalue weighted by molar-refractivity contribution is 6.66. The van der Waals surface area contributed by atoms with Gasteiger partial charge in [-0.3, -0.25) is 14.4 Å². The van der Waals surface area contributed by atoms with Crippen molar-refractivity contribution < 1.29 is 23.9 Å². The number of ether oxygens (including phenoxy) is 2. The van der Waals surface area contributed by atoms with Crippen LogP contribution in [-0.2, 0) is 14.4 Å². The normalized spacial score (nSPS) is 10.3. The van der Waals surface area contributed by atoms with Crippen molar-refractivity contribution in [1.29, 1.82) is 0 Å². The number of esters is 2. The first-order chi connectivity index (χ1) is 8.86. The highest BCUT2D eigenvalue weighted by atomic mass is 35.5. The van der Waals surface area contributed by atoms with Crippen LogP contribution in [0.1, 0.15) is 19.4 Å². The van der Waals surface area contributed by atoms with Crippen molar-refractivity contribution in [2.24, 2.45) is 0 Å². The maximum Gasteiger partial charge on any atom is 0.308 e. The predicted octanol–water partition coefficient (Wildman–Crippen LogP) is 2.32. The highest BCUT2D eigenvalue weighted by Gasteiger charge is 2.06. The topological polar surface area (TPSA) is 69.7 Å². The minimum absolute atomic E-state index is 0.202. The third-order valence-electron chi connectivity index (χ3n) is 1.83. The molecular formula is C13H11ClO5. The van der Waals surface area contributed by atoms with Crippen molar-refractivity contribution in [2.75, 3.05) is 0 Å². The molecule has 0 fully saturated rings. The molecule has 1 aromatic carbocycles. The molecule has 0 saturated carbocycles. The fourth-order valence-electron chi connectivity index (χ4n) is 1.30. The number of rotatable bonds is 4. The van der Waals surface area contributed by atoms with E-state index < -0.39 is 17.2 Å². The van der Waals surface area contributed by atoms with Gasteiger partial charge in [-0.25, -0.2) is 0 Å². The van der Waals surface area contributed by atoms with Crippen LogP contribution in [0, 0.1) is 0 Å². The Bertz CT molecular complexity index is 514. The molecule has 0 bridgehead atoms. The monoisotopic (exact) mass is 282 g/mol. The Hall–Kier alpha value is -2.14. The Morgan fingerprint density at radius 1 is 1.00 bits per heavy atom. The summed E-state index contributed by atoms with van der Waals surface area (Å²) >= 11 is 5.18. The van der Waals surface area contributed by atoms with Gasteiger partial charge in [-0.15, -0.1) is 0 Å². The van der Waals surface area contributed by atoms with E-state index in [1.807, 2.05) is 0 Å². The van der Waals surface area contributed by atoms with Crippen LogP contribution < -0.4 is 9.47 Å². The second-order valence-corrected chi connectivity index (χ2v) is 3.94. The van der Waals surface area contributed by atoms with Crippen LogP contribution in [0.3, 0.4) is 0 Å². The van der Waals surface area contributed by atoms with Crippen LogP contribution >= 0.6 is 11.6 Å². The Labute approximate surface area is 114 Å². The number of hydrogen-bond donors (Lipinski definition) is 0. The minimum atomic E-state index is -0.646. The smallest absolute Gasteiger partial charge is 0.308 e. The molecule has 100 valence electrons. The zero-order valence-electron chi connectivity index (χ0n) is 10.3. The van der Waals surface area contributed by atoms with Crippen LogP contribution in [-0.4, -0.2) is 17.2 Å². The fraction of sp³-hybridized carbons (Fsp3) is 0.154. The number of halogens is 1. The van der Waals surface area contributed by atoms with E-state index in [1.54, 1.807) is 0 Å². The molecule has 19 heavy (non-hydrogen) atoms. The van der Waals surface area contributed by atoms with E-state index >= 15 is 0 Å². The maximum absolute atomic E-state index is 10.9. The van der Waals surface area contributed by atoms with Crippen LogP contribution in [0.2, 0.25) is 0 Å². The van der Waals surface area contributed by atoms with Crippen LogP contribution in [0.25, 0.3) is 6.08 Å². The van der Waals surface area contributed by atoms with E-state index in [1.165, 1.54) is 38.1 Å². The molecule has 0 spiro atoms. The number of hydrogen-bond acceptors (Lipinski definition) is 5. The van der Waals surface area contributed by atoms with Crippen molar-refractivity contribution in [3.05, 3.63) is 29.8 Å². The molecule has 0 aliphatic heterocycles. The average Bonchev–Trinajstić information content (AvgIpc) is 2.24. The van der Waals surface area contributed by atoms with E-state index in [-0.39, 0.29) is 11.5 Å². The highest BCUT2D eigenvalue weighted by Crippen LogP contribution is 2.24. The summed E-state index contributed by atoms with van der Waals surface area (Å²) in [4.78, 5) is 32.5. The lowest BCUT2D eigenvalue weighted by Gasteiger charge is -2.07. The second kappa shape index (κ2) is 6.70. The second-order valence-electron chi connectivity index (χ2n) is 3.56. The van der Waals surface area contributed by atoms with Crippen molar-refractivity contribution in [2.45, 2.75) is 13.8 Å². The third-order valence-corrected chi connectivity index (χ3v) is 1.96. The van der Waals surface area contributed by atoms with E-state index in [0.717, 1.165) is 6.08 Å². The average molecular weight is 283 g/mol. The van der Waals surface area contributed by atoms with E-state index in [2.05, 4.69) is 0 Å². The van der Waals surface area contributed by atoms with Gasteiger partial charge in [0.05, 0.1) is 0 Å².